The van der Waals surface area contributed by atoms with Gasteiger partial charge in [-0.1, -0.05) is 36.4 Å². The molecule has 8 heteroatoms. The van der Waals surface area contributed by atoms with E-state index in [1.807, 2.05) is 16.8 Å². The molecule has 1 fully saturated rings. The molecule has 0 radical (unpaired) electrons. The van der Waals surface area contributed by atoms with Crippen molar-refractivity contribution >= 4 is 17.0 Å². The Balaban J connectivity index is 1.43. The number of piperazine rings is 1. The smallest absolute Gasteiger partial charge is 0.173 e. The second-order valence-corrected chi connectivity index (χ2v) is 8.84. The third-order valence-electron chi connectivity index (χ3n) is 5.92. The van der Waals surface area contributed by atoms with Crippen molar-refractivity contribution < 1.29 is 4.74 Å². The molecule has 164 valence electrons. The molecule has 3 heterocycles. The van der Waals surface area contributed by atoms with Crippen molar-refractivity contribution in [3.05, 3.63) is 88.4 Å². The molecular weight excluding hydrogens is 420 g/mol. The molecule has 0 saturated carbocycles. The summed E-state index contributed by atoms with van der Waals surface area (Å²) in [6, 6.07) is 23.0. The average molecular weight is 447 g/mol. The zero-order chi connectivity index (χ0) is 21.8. The first-order valence-electron chi connectivity index (χ1n) is 10.8. The van der Waals surface area contributed by atoms with Gasteiger partial charge in [0.25, 0.3) is 0 Å². The van der Waals surface area contributed by atoms with Gasteiger partial charge < -0.3 is 9.64 Å². The van der Waals surface area contributed by atoms with Crippen LogP contribution < -0.4 is 9.64 Å². The van der Waals surface area contributed by atoms with Crippen molar-refractivity contribution in [1.29, 1.82) is 0 Å². The number of ether oxygens (including phenoxy) is 1. The third-order valence-corrected chi connectivity index (χ3v) is 6.78. The molecule has 0 aliphatic carbocycles. The molecule has 0 amide bonds. The van der Waals surface area contributed by atoms with Crippen molar-refractivity contribution in [2.24, 2.45) is 0 Å². The van der Waals surface area contributed by atoms with Gasteiger partial charge in [-0.05, 0) is 51.7 Å². The number of rotatable bonds is 7. The standard InChI is InChI=1S/C24H26N6OS/c1-31-21-11-9-19(10-12-21)23(24-25-26-27-30(24)18-22-8-5-17-32-22)29-15-13-28(14-16-29)20-6-3-2-4-7-20/h2-12,17,23H,13-16,18H2,1H3. The van der Waals surface area contributed by atoms with Gasteiger partial charge in [-0.15, -0.1) is 16.4 Å². The van der Waals surface area contributed by atoms with Crippen LogP contribution in [0.5, 0.6) is 5.75 Å². The Bertz CT molecular complexity index is 1110. The second-order valence-electron chi connectivity index (χ2n) is 7.81. The maximum absolute atomic E-state index is 5.38. The van der Waals surface area contributed by atoms with E-state index in [2.05, 4.69) is 85.3 Å². The lowest BCUT2D eigenvalue weighted by molar-refractivity contribution is 0.201. The molecule has 1 saturated heterocycles. The van der Waals surface area contributed by atoms with Crippen LogP contribution in [0.2, 0.25) is 0 Å². The van der Waals surface area contributed by atoms with Gasteiger partial charge in [0.1, 0.15) is 5.75 Å². The molecule has 4 aromatic rings. The number of benzene rings is 2. The fraction of sp³-hybridized carbons (Fsp3) is 0.292. The van der Waals surface area contributed by atoms with Crippen molar-refractivity contribution in [1.82, 2.24) is 25.1 Å². The number of para-hydroxylation sites is 1. The molecular formula is C24H26N6OS. The number of tetrazole rings is 1. The Morgan fingerprint density at radius 3 is 2.41 bits per heavy atom. The number of hydrogen-bond donors (Lipinski definition) is 0. The molecule has 1 aliphatic rings. The highest BCUT2D eigenvalue weighted by Crippen LogP contribution is 2.30. The van der Waals surface area contributed by atoms with Gasteiger partial charge in [-0.2, -0.15) is 0 Å². The zero-order valence-corrected chi connectivity index (χ0v) is 18.9. The van der Waals surface area contributed by atoms with Crippen LogP contribution in [0, 0.1) is 0 Å². The molecule has 0 bridgehead atoms. The van der Waals surface area contributed by atoms with Crippen LogP contribution in [0.3, 0.4) is 0 Å². The van der Waals surface area contributed by atoms with E-state index in [4.69, 9.17) is 4.74 Å². The Hall–Kier alpha value is -3.23. The fourth-order valence-electron chi connectivity index (χ4n) is 4.26. The van der Waals surface area contributed by atoms with Crippen molar-refractivity contribution in [3.63, 3.8) is 0 Å². The van der Waals surface area contributed by atoms with Crippen LogP contribution in [0.15, 0.2) is 72.1 Å². The van der Waals surface area contributed by atoms with Gasteiger partial charge in [0.2, 0.25) is 0 Å². The zero-order valence-electron chi connectivity index (χ0n) is 18.0. The predicted molar refractivity (Wildman–Crippen MR) is 126 cm³/mol. The first-order chi connectivity index (χ1) is 15.8. The summed E-state index contributed by atoms with van der Waals surface area (Å²) in [6.45, 7) is 4.46. The number of aromatic nitrogens is 4. The van der Waals surface area contributed by atoms with Gasteiger partial charge >= 0.3 is 0 Å². The number of methoxy groups -OCH3 is 1. The summed E-state index contributed by atoms with van der Waals surface area (Å²) in [4.78, 5) is 6.16. The summed E-state index contributed by atoms with van der Waals surface area (Å²) >= 11 is 1.72. The van der Waals surface area contributed by atoms with Gasteiger partial charge in [0.15, 0.2) is 5.82 Å². The predicted octanol–water partition coefficient (Wildman–Crippen LogP) is 3.70. The first-order valence-corrected chi connectivity index (χ1v) is 11.7. The minimum Gasteiger partial charge on any atom is -0.497 e. The Labute approximate surface area is 191 Å². The van der Waals surface area contributed by atoms with E-state index in [9.17, 15) is 0 Å². The Morgan fingerprint density at radius 1 is 0.938 bits per heavy atom. The molecule has 1 aliphatic heterocycles. The highest BCUT2D eigenvalue weighted by atomic mass is 32.1. The van der Waals surface area contributed by atoms with Crippen LogP contribution in [-0.2, 0) is 6.54 Å². The molecule has 1 atom stereocenters. The van der Waals surface area contributed by atoms with E-state index in [0.717, 1.165) is 37.8 Å². The summed E-state index contributed by atoms with van der Waals surface area (Å²) in [5.74, 6) is 1.72. The lowest BCUT2D eigenvalue weighted by atomic mass is 10.0. The van der Waals surface area contributed by atoms with Gasteiger partial charge in [0, 0.05) is 36.7 Å². The Kier molecular flexibility index (Phi) is 6.13. The SMILES string of the molecule is COc1ccc(C(c2nnnn2Cc2cccs2)N2CCN(c3ccccc3)CC2)cc1. The van der Waals surface area contributed by atoms with Crippen LogP contribution in [-0.4, -0.2) is 58.4 Å². The minimum absolute atomic E-state index is 0.0196. The molecule has 32 heavy (non-hydrogen) atoms. The van der Waals surface area contributed by atoms with E-state index >= 15 is 0 Å². The topological polar surface area (TPSA) is 59.3 Å². The number of hydrogen-bond acceptors (Lipinski definition) is 7. The molecule has 2 aromatic carbocycles. The number of anilines is 1. The second kappa shape index (κ2) is 9.50. The summed E-state index contributed by atoms with van der Waals surface area (Å²) in [5.41, 5.74) is 2.44. The van der Waals surface area contributed by atoms with Crippen LogP contribution >= 0.6 is 11.3 Å². The van der Waals surface area contributed by atoms with Crippen LogP contribution in [0.4, 0.5) is 5.69 Å². The maximum atomic E-state index is 5.38. The average Bonchev–Trinajstić information content (AvgIpc) is 3.54. The quantitative estimate of drug-likeness (QED) is 0.431. The lowest BCUT2D eigenvalue weighted by Crippen LogP contribution is -2.48. The fourth-order valence-corrected chi connectivity index (χ4v) is 4.94. The largest absolute Gasteiger partial charge is 0.497 e. The highest BCUT2D eigenvalue weighted by Gasteiger charge is 2.30. The Morgan fingerprint density at radius 2 is 1.72 bits per heavy atom. The van der Waals surface area contributed by atoms with E-state index in [-0.39, 0.29) is 6.04 Å². The molecule has 5 rings (SSSR count). The van der Waals surface area contributed by atoms with Crippen molar-refractivity contribution in [2.45, 2.75) is 12.6 Å². The van der Waals surface area contributed by atoms with Gasteiger partial charge in [0.05, 0.1) is 19.7 Å². The summed E-state index contributed by atoms with van der Waals surface area (Å²) < 4.78 is 7.31. The molecule has 0 spiro atoms. The minimum atomic E-state index is -0.0196. The van der Waals surface area contributed by atoms with Crippen molar-refractivity contribution in [3.8, 4) is 5.75 Å². The maximum Gasteiger partial charge on any atom is 0.173 e. The molecule has 1 unspecified atom stereocenters. The monoisotopic (exact) mass is 446 g/mol. The summed E-state index contributed by atoms with van der Waals surface area (Å²) in [7, 11) is 1.69. The van der Waals surface area contributed by atoms with E-state index in [1.54, 1.807) is 18.4 Å². The van der Waals surface area contributed by atoms with Crippen molar-refractivity contribution in [2.75, 3.05) is 38.2 Å². The lowest BCUT2D eigenvalue weighted by Gasteiger charge is -2.40. The van der Waals surface area contributed by atoms with E-state index in [0.29, 0.717) is 6.54 Å². The highest BCUT2D eigenvalue weighted by molar-refractivity contribution is 7.09. The van der Waals surface area contributed by atoms with Gasteiger partial charge in [-0.3, -0.25) is 4.90 Å². The van der Waals surface area contributed by atoms with E-state index < -0.39 is 0 Å². The summed E-state index contributed by atoms with van der Waals surface area (Å²) in [6.07, 6.45) is 0. The van der Waals surface area contributed by atoms with E-state index in [1.165, 1.54) is 16.1 Å². The number of thiophene rings is 1. The number of nitrogens with zero attached hydrogens (tertiary/aromatic N) is 6. The van der Waals surface area contributed by atoms with Gasteiger partial charge in [-0.25, -0.2) is 4.68 Å². The summed E-state index contributed by atoms with van der Waals surface area (Å²) in [5, 5.41) is 14.9. The molecule has 2 aromatic heterocycles. The molecule has 0 N–H and O–H groups in total. The normalized spacial score (nSPS) is 15.6. The third kappa shape index (κ3) is 4.37. The molecule has 7 nitrogen and oxygen atoms in total. The first kappa shape index (κ1) is 20.7. The van der Waals surface area contributed by atoms with Crippen LogP contribution in [0.25, 0.3) is 0 Å². The van der Waals surface area contributed by atoms with Crippen LogP contribution in [0.1, 0.15) is 22.3 Å².